The van der Waals surface area contributed by atoms with E-state index < -0.39 is 11.6 Å². The Bertz CT molecular complexity index is 1370. The fraction of sp³-hybridized carbons (Fsp3) is 0.481. The van der Waals surface area contributed by atoms with Gasteiger partial charge in [0.2, 0.25) is 0 Å². The Hall–Kier alpha value is -3.62. The Balaban J connectivity index is 1.72. The molecule has 2 heterocycles. The molecule has 0 bridgehead atoms. The average Bonchev–Trinajstić information content (AvgIpc) is 3.17. The zero-order chi connectivity index (χ0) is 27.9. The first-order valence-corrected chi connectivity index (χ1v) is 13.4. The predicted molar refractivity (Wildman–Crippen MR) is 147 cm³/mol. The fourth-order valence-electron chi connectivity index (χ4n) is 3.96. The van der Waals surface area contributed by atoms with Gasteiger partial charge in [0.1, 0.15) is 20.9 Å². The van der Waals surface area contributed by atoms with E-state index >= 15 is 0 Å². The number of anilines is 1. The molecule has 0 saturated carbocycles. The Labute approximate surface area is 226 Å². The molecular weight excluding hydrogens is 506 g/mol. The number of hydrogen-bond donors (Lipinski definition) is 1. The van der Waals surface area contributed by atoms with E-state index in [1.807, 2.05) is 51.1 Å². The normalized spacial score (nSPS) is 15.6. The van der Waals surface area contributed by atoms with E-state index in [0.717, 1.165) is 42.2 Å². The number of nitrogens with one attached hydrogen (secondary N) is 1. The van der Waals surface area contributed by atoms with Gasteiger partial charge in [-0.1, -0.05) is 12.1 Å². The van der Waals surface area contributed by atoms with Gasteiger partial charge in [0.15, 0.2) is 5.57 Å². The number of nitrogens with zero attached hydrogens (tertiary/aromatic N) is 4. The maximum absolute atomic E-state index is 12.9. The van der Waals surface area contributed by atoms with Gasteiger partial charge < -0.3 is 19.7 Å². The van der Waals surface area contributed by atoms with E-state index in [9.17, 15) is 19.6 Å². The molecule has 1 aliphatic heterocycles. The lowest BCUT2D eigenvalue weighted by Crippen LogP contribution is -2.49. The summed E-state index contributed by atoms with van der Waals surface area (Å²) in [5.74, 6) is -0.738. The average molecular weight is 542 g/mol. The molecule has 1 aromatic carbocycles. The summed E-state index contributed by atoms with van der Waals surface area (Å²) in [6.45, 7) is 12.9. The van der Waals surface area contributed by atoms with Gasteiger partial charge >= 0.3 is 12.1 Å². The highest BCUT2D eigenvalue weighted by Gasteiger charge is 2.25. The van der Waals surface area contributed by atoms with Crippen LogP contribution in [0.2, 0.25) is 0 Å². The van der Waals surface area contributed by atoms with Crippen LogP contribution >= 0.6 is 11.3 Å². The van der Waals surface area contributed by atoms with Crippen LogP contribution in [0.15, 0.2) is 29.1 Å². The van der Waals surface area contributed by atoms with Gasteiger partial charge in [0.25, 0.3) is 5.56 Å². The van der Waals surface area contributed by atoms with Gasteiger partial charge in [0, 0.05) is 51.2 Å². The third-order valence-electron chi connectivity index (χ3n) is 5.76. The minimum absolute atomic E-state index is 0.141. The van der Waals surface area contributed by atoms with Crippen molar-refractivity contribution < 1.29 is 19.1 Å². The Morgan fingerprint density at radius 2 is 1.89 bits per heavy atom. The summed E-state index contributed by atoms with van der Waals surface area (Å²) in [6, 6.07) is 9.77. The van der Waals surface area contributed by atoms with E-state index in [2.05, 4.69) is 10.2 Å². The van der Waals surface area contributed by atoms with Crippen LogP contribution in [0.3, 0.4) is 0 Å². The number of benzene rings is 1. The molecule has 204 valence electrons. The first kappa shape index (κ1) is 28.9. The van der Waals surface area contributed by atoms with Crippen LogP contribution in [0.25, 0.3) is 11.8 Å². The molecule has 3 rings (SSSR count). The molecule has 1 aromatic heterocycles. The van der Waals surface area contributed by atoms with Crippen molar-refractivity contribution in [2.75, 3.05) is 38.1 Å². The molecule has 1 aliphatic rings. The quantitative estimate of drug-likeness (QED) is 0.530. The molecule has 0 atom stereocenters. The molecule has 2 aromatic rings. The summed E-state index contributed by atoms with van der Waals surface area (Å²) in [5.41, 5.74) is 0.932. The number of aromatic nitrogens is 1. The Morgan fingerprint density at radius 3 is 2.50 bits per heavy atom. The maximum Gasteiger partial charge on any atom is 0.410 e. The van der Waals surface area contributed by atoms with Gasteiger partial charge in [0.05, 0.1) is 6.61 Å². The molecule has 1 saturated heterocycles. The second-order valence-electron chi connectivity index (χ2n) is 9.76. The lowest BCUT2D eigenvalue weighted by Gasteiger charge is -2.35. The molecular formula is C27H35N5O5S. The zero-order valence-electron chi connectivity index (χ0n) is 22.6. The molecule has 10 nitrogen and oxygen atoms in total. The molecule has 0 aliphatic carbocycles. The number of amides is 1. The number of esters is 1. The molecule has 0 spiro atoms. The summed E-state index contributed by atoms with van der Waals surface area (Å²) >= 11 is 1.08. The van der Waals surface area contributed by atoms with Crippen molar-refractivity contribution in [3.05, 3.63) is 49.4 Å². The first-order chi connectivity index (χ1) is 18.1. The molecule has 38 heavy (non-hydrogen) atoms. The van der Waals surface area contributed by atoms with Crippen molar-refractivity contribution in [2.45, 2.75) is 53.3 Å². The Kier molecular flexibility index (Phi) is 9.72. The van der Waals surface area contributed by atoms with Crippen LogP contribution in [0, 0.1) is 11.3 Å². The van der Waals surface area contributed by atoms with E-state index in [1.165, 1.54) is 4.57 Å². The van der Waals surface area contributed by atoms with Crippen molar-refractivity contribution >= 4 is 40.9 Å². The van der Waals surface area contributed by atoms with Gasteiger partial charge in [-0.05, 0) is 52.3 Å². The molecule has 0 unspecified atom stereocenters. The third kappa shape index (κ3) is 7.46. The monoisotopic (exact) mass is 541 g/mol. The van der Waals surface area contributed by atoms with Gasteiger partial charge in [-0.15, -0.1) is 11.3 Å². The Morgan fingerprint density at radius 1 is 1.18 bits per heavy atom. The topological polar surface area (TPSA) is 117 Å². The fourth-order valence-corrected chi connectivity index (χ4v) is 5.04. The van der Waals surface area contributed by atoms with E-state index in [-0.39, 0.29) is 28.5 Å². The van der Waals surface area contributed by atoms with Crippen molar-refractivity contribution in [1.29, 1.82) is 5.26 Å². The summed E-state index contributed by atoms with van der Waals surface area (Å²) in [5, 5.41) is 12.7. The third-order valence-corrected chi connectivity index (χ3v) is 6.89. The van der Waals surface area contributed by atoms with Crippen molar-refractivity contribution in [2.24, 2.45) is 0 Å². The minimum atomic E-state index is -0.738. The molecule has 1 fully saturated rings. The van der Waals surface area contributed by atoms with Gasteiger partial charge in [-0.25, -0.2) is 9.59 Å². The maximum atomic E-state index is 12.9. The second kappa shape index (κ2) is 12.8. The van der Waals surface area contributed by atoms with Crippen molar-refractivity contribution in [1.82, 2.24) is 14.4 Å². The standard InChI is InChI=1S/C27H35N5O5S/c1-6-32-23(33)22(38-24(32)21(16-28)25(34)36-7-2)17-29-20-10-8-9-19(15-20)18-30-11-13-31(14-12-30)26(35)37-27(3,4)5/h8-10,15,17,29H,6-7,11-14,18H2,1-5H3. The van der Waals surface area contributed by atoms with Crippen molar-refractivity contribution in [3.8, 4) is 6.07 Å². The highest BCUT2D eigenvalue weighted by molar-refractivity contribution is 7.07. The number of nitriles is 1. The number of hydrogen-bond acceptors (Lipinski definition) is 9. The van der Waals surface area contributed by atoms with Crippen LogP contribution in [0.4, 0.5) is 10.5 Å². The van der Waals surface area contributed by atoms with E-state index in [1.54, 1.807) is 24.9 Å². The van der Waals surface area contributed by atoms with Crippen LogP contribution in [0.5, 0.6) is 0 Å². The molecule has 1 N–H and O–H groups in total. The largest absolute Gasteiger partial charge is 0.462 e. The molecule has 11 heteroatoms. The summed E-state index contributed by atoms with van der Waals surface area (Å²) in [4.78, 5) is 41.4. The summed E-state index contributed by atoms with van der Waals surface area (Å²) < 4.78 is 12.5. The summed E-state index contributed by atoms with van der Waals surface area (Å²) in [6.07, 6.45) is 1.32. The van der Waals surface area contributed by atoms with Gasteiger partial charge in [-0.2, -0.15) is 5.26 Å². The highest BCUT2D eigenvalue weighted by Crippen LogP contribution is 2.16. The lowest BCUT2D eigenvalue weighted by molar-refractivity contribution is -0.136. The number of piperazine rings is 1. The van der Waals surface area contributed by atoms with Crippen LogP contribution < -0.4 is 20.1 Å². The van der Waals surface area contributed by atoms with Crippen LogP contribution in [-0.4, -0.2) is 64.8 Å². The van der Waals surface area contributed by atoms with Gasteiger partial charge in [-0.3, -0.25) is 14.3 Å². The number of thiazole rings is 1. The number of ether oxygens (including phenoxy) is 2. The van der Waals surface area contributed by atoms with Crippen molar-refractivity contribution in [3.63, 3.8) is 0 Å². The zero-order valence-corrected chi connectivity index (χ0v) is 23.4. The second-order valence-corrected chi connectivity index (χ2v) is 10.8. The molecule has 0 radical (unpaired) electrons. The van der Waals surface area contributed by atoms with Crippen LogP contribution in [0.1, 0.15) is 40.2 Å². The number of rotatable bonds is 7. The minimum Gasteiger partial charge on any atom is -0.462 e. The smallest absolute Gasteiger partial charge is 0.410 e. The summed E-state index contributed by atoms with van der Waals surface area (Å²) in [7, 11) is 0. The van der Waals surface area contributed by atoms with E-state index in [4.69, 9.17) is 9.47 Å². The number of carbonyl (C=O) groups is 2. The van der Waals surface area contributed by atoms with Crippen LogP contribution in [-0.2, 0) is 27.4 Å². The highest BCUT2D eigenvalue weighted by atomic mass is 32.1. The number of carbonyl (C=O) groups excluding carboxylic acids is 2. The first-order valence-electron chi connectivity index (χ1n) is 12.6. The van der Waals surface area contributed by atoms with E-state index in [0.29, 0.717) is 24.2 Å². The predicted octanol–water partition coefficient (Wildman–Crippen LogP) is 2.07. The molecule has 1 amide bonds. The SMILES string of the molecule is CCOC(=O)C(C#N)=c1sc(=CNc2cccc(CN3CCN(C(=O)OC(C)(C)C)CC3)c2)c(=O)n1CC. The lowest BCUT2D eigenvalue weighted by atomic mass is 10.1.